The van der Waals surface area contributed by atoms with Crippen LogP contribution in [0.5, 0.6) is 0 Å². The van der Waals surface area contributed by atoms with E-state index in [-0.39, 0.29) is 11.8 Å². The van der Waals surface area contributed by atoms with Crippen LogP contribution in [0.4, 0.5) is 16.0 Å². The third kappa shape index (κ3) is 3.17. The monoisotopic (exact) mass is 402 g/mol. The second kappa shape index (κ2) is 7.24. The molecule has 9 heteroatoms. The van der Waals surface area contributed by atoms with Gasteiger partial charge < -0.3 is 10.6 Å². The number of fused-ring (bicyclic) bond motifs is 3. The van der Waals surface area contributed by atoms with Crippen molar-refractivity contribution in [1.82, 2.24) is 24.5 Å². The van der Waals surface area contributed by atoms with Crippen molar-refractivity contribution in [2.45, 2.75) is 6.54 Å². The molecule has 8 nitrogen and oxygen atoms in total. The lowest BCUT2D eigenvalue weighted by atomic mass is 10.1. The largest absolute Gasteiger partial charge is 0.369 e. The van der Waals surface area contributed by atoms with Crippen LogP contribution in [0, 0.1) is 17.1 Å². The van der Waals surface area contributed by atoms with Crippen LogP contribution in [-0.2, 0) is 6.54 Å². The number of piperazine rings is 1. The zero-order valence-electron chi connectivity index (χ0n) is 16.2. The van der Waals surface area contributed by atoms with Crippen molar-refractivity contribution in [2.75, 3.05) is 36.8 Å². The Bertz CT molecular complexity index is 1270. The Morgan fingerprint density at radius 2 is 1.80 bits per heavy atom. The number of anilines is 2. The number of hydrogen-bond acceptors (Lipinski definition) is 7. The quantitative estimate of drug-likeness (QED) is 0.561. The number of rotatable bonds is 3. The fourth-order valence-corrected chi connectivity index (χ4v) is 3.87. The van der Waals surface area contributed by atoms with Gasteiger partial charge in [-0.15, -0.1) is 5.10 Å². The van der Waals surface area contributed by atoms with Gasteiger partial charge in [-0.05, 0) is 36.4 Å². The van der Waals surface area contributed by atoms with E-state index >= 15 is 0 Å². The molecule has 1 saturated heterocycles. The fourth-order valence-electron chi connectivity index (χ4n) is 3.87. The van der Waals surface area contributed by atoms with E-state index in [1.807, 2.05) is 24.3 Å². The topological polar surface area (TPSA) is 99.4 Å². The number of nitrogen functional groups attached to an aromatic ring is 1. The van der Waals surface area contributed by atoms with Crippen LogP contribution in [0.1, 0.15) is 11.4 Å². The zero-order valence-corrected chi connectivity index (χ0v) is 16.2. The number of nitrogens with zero attached hydrogens (tertiary/aromatic N) is 7. The highest BCUT2D eigenvalue weighted by atomic mass is 19.1. The zero-order chi connectivity index (χ0) is 20.7. The molecular formula is C21H19FN8. The van der Waals surface area contributed by atoms with Crippen LogP contribution < -0.4 is 10.6 Å². The lowest BCUT2D eigenvalue weighted by molar-refractivity contribution is 0.244. The summed E-state index contributed by atoms with van der Waals surface area (Å²) >= 11 is 0. The molecule has 0 saturated carbocycles. The third-order valence-electron chi connectivity index (χ3n) is 5.42. The van der Waals surface area contributed by atoms with Crippen LogP contribution in [0.15, 0.2) is 42.5 Å². The average molecular weight is 402 g/mol. The first-order valence-electron chi connectivity index (χ1n) is 9.69. The average Bonchev–Trinajstić information content (AvgIpc) is 3.19. The standard InChI is InChI=1S/C21H19FN8/c22-15-4-6-16(7-5-15)29-10-8-28(9-11-29)13-18-25-20-17-3-1-2-14(12-23)19(17)26-21(24)30(20)27-18/h1-7H,8-11,13H2,(H2,24,26). The number of nitriles is 1. The maximum Gasteiger partial charge on any atom is 0.223 e. The van der Waals surface area contributed by atoms with E-state index in [2.05, 4.69) is 30.9 Å². The number of benzene rings is 2. The number of hydrogen-bond donors (Lipinski definition) is 1. The van der Waals surface area contributed by atoms with E-state index in [0.717, 1.165) is 37.3 Å². The van der Waals surface area contributed by atoms with Crippen LogP contribution in [0.2, 0.25) is 0 Å². The minimum Gasteiger partial charge on any atom is -0.369 e. The Kier molecular flexibility index (Phi) is 4.41. The van der Waals surface area contributed by atoms with Gasteiger partial charge in [0.1, 0.15) is 11.9 Å². The summed E-state index contributed by atoms with van der Waals surface area (Å²) in [7, 11) is 0. The van der Waals surface area contributed by atoms with Gasteiger partial charge in [-0.2, -0.15) is 9.78 Å². The van der Waals surface area contributed by atoms with Crippen molar-refractivity contribution in [3.8, 4) is 6.07 Å². The van der Waals surface area contributed by atoms with Gasteiger partial charge in [0.05, 0.1) is 17.6 Å². The van der Waals surface area contributed by atoms with Gasteiger partial charge in [0.15, 0.2) is 11.5 Å². The molecule has 1 fully saturated rings. The highest BCUT2D eigenvalue weighted by Gasteiger charge is 2.20. The van der Waals surface area contributed by atoms with Gasteiger partial charge in [0.25, 0.3) is 0 Å². The maximum absolute atomic E-state index is 13.1. The van der Waals surface area contributed by atoms with Gasteiger partial charge >= 0.3 is 0 Å². The number of aromatic nitrogens is 4. The minimum atomic E-state index is -0.224. The molecule has 2 N–H and O–H groups in total. The summed E-state index contributed by atoms with van der Waals surface area (Å²) in [5.74, 6) is 0.646. The third-order valence-corrected chi connectivity index (χ3v) is 5.42. The van der Waals surface area contributed by atoms with E-state index in [9.17, 15) is 9.65 Å². The van der Waals surface area contributed by atoms with Crippen LogP contribution in [0.3, 0.4) is 0 Å². The predicted octanol–water partition coefficient (Wildman–Crippen LogP) is 2.19. The van der Waals surface area contributed by atoms with Gasteiger partial charge in [-0.25, -0.2) is 14.4 Å². The summed E-state index contributed by atoms with van der Waals surface area (Å²) in [6.07, 6.45) is 0. The summed E-state index contributed by atoms with van der Waals surface area (Å²) in [4.78, 5) is 13.6. The summed E-state index contributed by atoms with van der Waals surface area (Å²) in [5, 5.41) is 14.6. The molecule has 5 rings (SSSR count). The van der Waals surface area contributed by atoms with E-state index in [4.69, 9.17) is 5.73 Å². The lowest BCUT2D eigenvalue weighted by Crippen LogP contribution is -2.46. The number of halogens is 1. The van der Waals surface area contributed by atoms with Gasteiger partial charge in [-0.1, -0.05) is 6.07 Å². The van der Waals surface area contributed by atoms with E-state index < -0.39 is 0 Å². The molecule has 2 aromatic heterocycles. The van der Waals surface area contributed by atoms with Crippen molar-refractivity contribution < 1.29 is 4.39 Å². The molecule has 0 bridgehead atoms. The van der Waals surface area contributed by atoms with E-state index in [1.165, 1.54) is 16.6 Å². The van der Waals surface area contributed by atoms with E-state index in [0.29, 0.717) is 29.1 Å². The number of para-hydroxylation sites is 1. The molecule has 2 aromatic carbocycles. The van der Waals surface area contributed by atoms with Gasteiger partial charge in [0, 0.05) is 37.3 Å². The minimum absolute atomic E-state index is 0.208. The summed E-state index contributed by atoms with van der Waals surface area (Å²) < 4.78 is 14.7. The second-order valence-corrected chi connectivity index (χ2v) is 7.29. The first-order valence-corrected chi connectivity index (χ1v) is 9.69. The summed E-state index contributed by atoms with van der Waals surface area (Å²) in [6, 6.07) is 14.1. The molecule has 4 aromatic rings. The molecule has 0 spiro atoms. The van der Waals surface area contributed by atoms with Crippen LogP contribution in [-0.4, -0.2) is 50.7 Å². The molecule has 0 radical (unpaired) electrons. The molecule has 0 unspecified atom stereocenters. The van der Waals surface area contributed by atoms with Gasteiger partial charge in [-0.3, -0.25) is 4.90 Å². The Morgan fingerprint density at radius 3 is 2.53 bits per heavy atom. The van der Waals surface area contributed by atoms with Crippen molar-refractivity contribution in [3.63, 3.8) is 0 Å². The first kappa shape index (κ1) is 18.3. The summed E-state index contributed by atoms with van der Waals surface area (Å²) in [6.45, 7) is 3.98. The summed E-state index contributed by atoms with van der Waals surface area (Å²) in [5.41, 5.74) is 8.71. The molecule has 0 atom stereocenters. The Hall–Kier alpha value is -3.77. The van der Waals surface area contributed by atoms with Crippen molar-refractivity contribution in [2.24, 2.45) is 0 Å². The molecule has 1 aliphatic heterocycles. The highest BCUT2D eigenvalue weighted by Crippen LogP contribution is 2.23. The lowest BCUT2D eigenvalue weighted by Gasteiger charge is -2.35. The smallest absolute Gasteiger partial charge is 0.223 e. The predicted molar refractivity (Wildman–Crippen MR) is 111 cm³/mol. The van der Waals surface area contributed by atoms with Crippen LogP contribution >= 0.6 is 0 Å². The first-order chi connectivity index (χ1) is 14.6. The maximum atomic E-state index is 13.1. The molecule has 3 heterocycles. The second-order valence-electron chi connectivity index (χ2n) is 7.29. The normalized spacial score (nSPS) is 15.0. The Labute approximate surface area is 172 Å². The molecular weight excluding hydrogens is 383 g/mol. The SMILES string of the molecule is N#Cc1cccc2c1nc(N)n1nc(CN3CCN(c4ccc(F)cc4)CC3)nc21. The van der Waals surface area contributed by atoms with Crippen molar-refractivity contribution in [3.05, 3.63) is 59.7 Å². The molecule has 1 aliphatic rings. The molecule has 0 amide bonds. The number of nitrogens with two attached hydrogens (primary N) is 1. The van der Waals surface area contributed by atoms with Gasteiger partial charge in [0.2, 0.25) is 5.95 Å². The highest BCUT2D eigenvalue weighted by molar-refractivity contribution is 5.95. The van der Waals surface area contributed by atoms with Crippen molar-refractivity contribution >= 4 is 28.2 Å². The van der Waals surface area contributed by atoms with Crippen molar-refractivity contribution in [1.29, 1.82) is 5.26 Å². The molecule has 150 valence electrons. The van der Waals surface area contributed by atoms with E-state index in [1.54, 1.807) is 6.07 Å². The Balaban J connectivity index is 1.36. The molecule has 0 aliphatic carbocycles. The Morgan fingerprint density at radius 1 is 1.03 bits per heavy atom. The molecule has 30 heavy (non-hydrogen) atoms. The fraction of sp³-hybridized carbons (Fsp3) is 0.238. The van der Waals surface area contributed by atoms with Crippen LogP contribution in [0.25, 0.3) is 16.6 Å².